The van der Waals surface area contributed by atoms with E-state index in [1.165, 1.54) is 0 Å². The van der Waals surface area contributed by atoms with Gasteiger partial charge >= 0.3 is 0 Å². The number of amidine groups is 1. The number of benzene rings is 1. The number of ether oxygens (including phenoxy) is 1. The van der Waals surface area contributed by atoms with Gasteiger partial charge in [0.05, 0.1) is 4.90 Å². The zero-order valence-corrected chi connectivity index (χ0v) is 11.3. The summed E-state index contributed by atoms with van der Waals surface area (Å²) in [5.41, 5.74) is 0.671. The Morgan fingerprint density at radius 2 is 2.21 bits per heavy atom. The smallest absolute Gasteiger partial charge is 0.263 e. The van der Waals surface area contributed by atoms with Crippen molar-refractivity contribution in [1.82, 2.24) is 4.72 Å². The molecule has 19 heavy (non-hydrogen) atoms. The Morgan fingerprint density at radius 1 is 1.37 bits per heavy atom. The second-order valence-corrected chi connectivity index (χ2v) is 6.50. The molecule has 0 bridgehead atoms. The highest BCUT2D eigenvalue weighted by Crippen LogP contribution is 2.22. The maximum atomic E-state index is 11.9. The molecule has 1 aromatic rings. The molecule has 2 aliphatic rings. The second kappa shape index (κ2) is 4.94. The summed E-state index contributed by atoms with van der Waals surface area (Å²) in [5.74, 6) is 1.02. The fourth-order valence-electron chi connectivity index (χ4n) is 2.42. The molecular weight excluding hydrogens is 264 g/mol. The highest BCUT2D eigenvalue weighted by Gasteiger charge is 2.30. The van der Waals surface area contributed by atoms with E-state index in [0.29, 0.717) is 28.8 Å². The van der Waals surface area contributed by atoms with Gasteiger partial charge in [-0.2, -0.15) is 0 Å². The molecule has 3 rings (SSSR count). The minimum absolute atomic E-state index is 0.318. The average molecular weight is 280 g/mol. The first-order valence-corrected chi connectivity index (χ1v) is 7.89. The zero-order chi connectivity index (χ0) is 13.3. The number of sulfonamides is 1. The third kappa shape index (κ3) is 2.50. The summed E-state index contributed by atoms with van der Waals surface area (Å²) in [6, 6.07) is 6.92. The molecule has 0 aliphatic carbocycles. The lowest BCUT2D eigenvalue weighted by atomic mass is 10.1. The van der Waals surface area contributed by atoms with E-state index < -0.39 is 10.0 Å². The topological polar surface area (TPSA) is 67.8 Å². The molecule has 0 amide bonds. The van der Waals surface area contributed by atoms with E-state index >= 15 is 0 Å². The minimum atomic E-state index is -3.41. The number of aliphatic imine (C=N–C) groups is 1. The van der Waals surface area contributed by atoms with E-state index in [1.807, 2.05) is 6.07 Å². The fourth-order valence-corrected chi connectivity index (χ4v) is 3.67. The summed E-state index contributed by atoms with van der Waals surface area (Å²) in [4.78, 5) is 4.71. The van der Waals surface area contributed by atoms with Crippen LogP contribution in [0.3, 0.4) is 0 Å². The standard InChI is InChI=1S/C13H16N2O3S/c16-19(17)12-4-2-1-3-11(12)13(15-19)14-7-5-10-6-8-18-9-10/h1-4,10H,5-9H2,(H,14,15). The van der Waals surface area contributed by atoms with Gasteiger partial charge in [-0.3, -0.25) is 9.71 Å². The van der Waals surface area contributed by atoms with Crippen molar-refractivity contribution >= 4 is 15.9 Å². The SMILES string of the molecule is O=S1(=O)NC(=NCCC2CCOC2)c2ccccc21. The third-order valence-electron chi connectivity index (χ3n) is 3.49. The van der Waals surface area contributed by atoms with Crippen LogP contribution in [0, 0.1) is 5.92 Å². The predicted molar refractivity (Wildman–Crippen MR) is 71.7 cm³/mol. The van der Waals surface area contributed by atoms with Crippen molar-refractivity contribution in [2.24, 2.45) is 10.9 Å². The van der Waals surface area contributed by atoms with Gasteiger partial charge in [-0.25, -0.2) is 8.42 Å². The number of hydrogen-bond donors (Lipinski definition) is 1. The van der Waals surface area contributed by atoms with Gasteiger partial charge in [0.25, 0.3) is 10.0 Å². The third-order valence-corrected chi connectivity index (χ3v) is 4.89. The molecule has 5 nitrogen and oxygen atoms in total. The molecular formula is C13H16N2O3S. The van der Waals surface area contributed by atoms with Crippen LogP contribution >= 0.6 is 0 Å². The van der Waals surface area contributed by atoms with Crippen LogP contribution in [0.1, 0.15) is 18.4 Å². The number of nitrogens with one attached hydrogen (secondary N) is 1. The molecule has 0 aromatic heterocycles. The molecule has 1 N–H and O–H groups in total. The Balaban J connectivity index is 1.75. The van der Waals surface area contributed by atoms with E-state index in [0.717, 1.165) is 26.1 Å². The van der Waals surface area contributed by atoms with Gasteiger partial charge < -0.3 is 4.74 Å². The van der Waals surface area contributed by atoms with Crippen LogP contribution in [0.4, 0.5) is 0 Å². The number of nitrogens with zero attached hydrogens (tertiary/aromatic N) is 1. The van der Waals surface area contributed by atoms with Crippen molar-refractivity contribution < 1.29 is 13.2 Å². The number of rotatable bonds is 3. The molecule has 1 fully saturated rings. The van der Waals surface area contributed by atoms with Gasteiger partial charge in [0.2, 0.25) is 0 Å². The van der Waals surface area contributed by atoms with Crippen LogP contribution < -0.4 is 4.72 Å². The molecule has 1 aromatic carbocycles. The molecule has 1 unspecified atom stereocenters. The fraction of sp³-hybridized carbons (Fsp3) is 0.462. The zero-order valence-electron chi connectivity index (χ0n) is 10.5. The van der Waals surface area contributed by atoms with E-state index in [9.17, 15) is 8.42 Å². The lowest BCUT2D eigenvalue weighted by Crippen LogP contribution is -2.22. The highest BCUT2D eigenvalue weighted by molar-refractivity contribution is 7.90. The van der Waals surface area contributed by atoms with Crippen LogP contribution in [0.15, 0.2) is 34.2 Å². The van der Waals surface area contributed by atoms with Gasteiger partial charge in [-0.05, 0) is 30.9 Å². The largest absolute Gasteiger partial charge is 0.381 e. The van der Waals surface area contributed by atoms with Gasteiger partial charge in [-0.15, -0.1) is 0 Å². The second-order valence-electron chi connectivity index (χ2n) is 4.85. The average Bonchev–Trinajstić information content (AvgIpc) is 2.98. The summed E-state index contributed by atoms with van der Waals surface area (Å²) in [6.45, 7) is 2.25. The van der Waals surface area contributed by atoms with Crippen LogP contribution in [0.25, 0.3) is 0 Å². The number of hydrogen-bond acceptors (Lipinski definition) is 4. The molecule has 2 heterocycles. The highest BCUT2D eigenvalue weighted by atomic mass is 32.2. The van der Waals surface area contributed by atoms with Gasteiger partial charge in [0.15, 0.2) is 0 Å². The van der Waals surface area contributed by atoms with Gasteiger partial charge in [0, 0.05) is 25.3 Å². The molecule has 6 heteroatoms. The molecule has 102 valence electrons. The van der Waals surface area contributed by atoms with Crippen molar-refractivity contribution in [2.75, 3.05) is 19.8 Å². The Kier molecular flexibility index (Phi) is 3.28. The van der Waals surface area contributed by atoms with E-state index in [1.54, 1.807) is 18.2 Å². The summed E-state index contributed by atoms with van der Waals surface area (Å²) < 4.78 is 31.6. The quantitative estimate of drug-likeness (QED) is 0.903. The summed E-state index contributed by atoms with van der Waals surface area (Å²) >= 11 is 0. The van der Waals surface area contributed by atoms with Crippen LogP contribution in [-0.2, 0) is 14.8 Å². The normalized spacial score (nSPS) is 26.3. The summed E-state index contributed by atoms with van der Waals surface area (Å²) in [6.07, 6.45) is 2.01. The monoisotopic (exact) mass is 280 g/mol. The lowest BCUT2D eigenvalue weighted by molar-refractivity contribution is 0.184. The van der Waals surface area contributed by atoms with Crippen molar-refractivity contribution in [2.45, 2.75) is 17.7 Å². The summed E-state index contributed by atoms with van der Waals surface area (Å²) in [5, 5.41) is 0. The first-order chi connectivity index (χ1) is 9.17. The van der Waals surface area contributed by atoms with Crippen molar-refractivity contribution in [1.29, 1.82) is 0 Å². The first kappa shape index (κ1) is 12.6. The Bertz CT molecular complexity index is 604. The van der Waals surface area contributed by atoms with E-state index in [4.69, 9.17) is 4.74 Å². The van der Waals surface area contributed by atoms with E-state index in [2.05, 4.69) is 9.71 Å². The van der Waals surface area contributed by atoms with E-state index in [-0.39, 0.29) is 0 Å². The Morgan fingerprint density at radius 3 is 3.00 bits per heavy atom. The predicted octanol–water partition coefficient (Wildman–Crippen LogP) is 1.15. The van der Waals surface area contributed by atoms with Crippen LogP contribution in [0.5, 0.6) is 0 Å². The molecule has 2 aliphatic heterocycles. The molecule has 0 saturated carbocycles. The lowest BCUT2D eigenvalue weighted by Gasteiger charge is -2.04. The summed E-state index contributed by atoms with van der Waals surface area (Å²) in [7, 11) is -3.41. The minimum Gasteiger partial charge on any atom is -0.381 e. The maximum Gasteiger partial charge on any atom is 0.263 e. The molecule has 0 spiro atoms. The maximum absolute atomic E-state index is 11.9. The Labute approximate surface area is 112 Å². The molecule has 0 radical (unpaired) electrons. The van der Waals surface area contributed by atoms with Crippen LogP contribution in [0.2, 0.25) is 0 Å². The number of fused-ring (bicyclic) bond motifs is 1. The van der Waals surface area contributed by atoms with Crippen molar-refractivity contribution in [3.8, 4) is 0 Å². The first-order valence-electron chi connectivity index (χ1n) is 6.41. The van der Waals surface area contributed by atoms with Crippen molar-refractivity contribution in [3.05, 3.63) is 29.8 Å². The molecule has 1 atom stereocenters. The van der Waals surface area contributed by atoms with Crippen LogP contribution in [-0.4, -0.2) is 34.0 Å². The Hall–Kier alpha value is -1.40. The molecule has 1 saturated heterocycles. The van der Waals surface area contributed by atoms with Gasteiger partial charge in [0.1, 0.15) is 5.84 Å². The van der Waals surface area contributed by atoms with Crippen molar-refractivity contribution in [3.63, 3.8) is 0 Å². The van der Waals surface area contributed by atoms with Gasteiger partial charge in [-0.1, -0.05) is 12.1 Å².